The molecule has 0 radical (unpaired) electrons. The maximum absolute atomic E-state index is 12.4. The summed E-state index contributed by atoms with van der Waals surface area (Å²) in [6.07, 6.45) is 2.65. The standard InChI is InChI=1S/C18H24N2O4/c1-19-18(22)14-6-8-20(9-7-14)17(21)5-3-13-2-4-15-16(12-13)24-11-10-23-15/h2,4,12,14H,3,5-11H2,1H3,(H,19,22). The van der Waals surface area contributed by atoms with E-state index in [0.717, 1.165) is 29.9 Å². The molecule has 2 amide bonds. The van der Waals surface area contributed by atoms with Gasteiger partial charge in [0.25, 0.3) is 0 Å². The van der Waals surface area contributed by atoms with E-state index in [9.17, 15) is 9.59 Å². The van der Waals surface area contributed by atoms with Crippen molar-refractivity contribution in [2.24, 2.45) is 5.92 Å². The normalized spacial score (nSPS) is 17.5. The third-order valence-corrected chi connectivity index (χ3v) is 4.70. The van der Waals surface area contributed by atoms with Crippen molar-refractivity contribution in [1.29, 1.82) is 0 Å². The third-order valence-electron chi connectivity index (χ3n) is 4.70. The van der Waals surface area contributed by atoms with Gasteiger partial charge in [-0.15, -0.1) is 0 Å². The van der Waals surface area contributed by atoms with Gasteiger partial charge >= 0.3 is 0 Å². The summed E-state index contributed by atoms with van der Waals surface area (Å²) in [5, 5.41) is 2.69. The first-order valence-corrected chi connectivity index (χ1v) is 8.55. The minimum Gasteiger partial charge on any atom is -0.486 e. The third kappa shape index (κ3) is 3.80. The minimum absolute atomic E-state index is 0.0387. The number of likely N-dealkylation sites (tertiary alicyclic amines) is 1. The Kier molecular flexibility index (Phi) is 5.23. The molecule has 0 aliphatic carbocycles. The largest absolute Gasteiger partial charge is 0.486 e. The summed E-state index contributed by atoms with van der Waals surface area (Å²) >= 11 is 0. The predicted octanol–water partition coefficient (Wildman–Crippen LogP) is 1.37. The highest BCUT2D eigenvalue weighted by atomic mass is 16.6. The Morgan fingerprint density at radius 2 is 1.88 bits per heavy atom. The molecule has 1 saturated heterocycles. The van der Waals surface area contributed by atoms with Gasteiger partial charge in [-0.3, -0.25) is 9.59 Å². The molecule has 0 spiro atoms. The van der Waals surface area contributed by atoms with Crippen molar-refractivity contribution in [1.82, 2.24) is 10.2 Å². The lowest BCUT2D eigenvalue weighted by Crippen LogP contribution is -2.42. The molecule has 2 aliphatic heterocycles. The average Bonchev–Trinajstić information content (AvgIpc) is 2.65. The van der Waals surface area contributed by atoms with Crippen molar-refractivity contribution in [2.75, 3.05) is 33.4 Å². The van der Waals surface area contributed by atoms with E-state index < -0.39 is 0 Å². The van der Waals surface area contributed by atoms with E-state index in [1.807, 2.05) is 23.1 Å². The van der Waals surface area contributed by atoms with Gasteiger partial charge in [-0.1, -0.05) is 6.07 Å². The molecular weight excluding hydrogens is 308 g/mol. The number of carbonyl (C=O) groups is 2. The number of carbonyl (C=O) groups excluding carboxylic acids is 2. The molecule has 3 rings (SSSR count). The van der Waals surface area contributed by atoms with Crippen molar-refractivity contribution in [3.05, 3.63) is 23.8 Å². The van der Waals surface area contributed by atoms with Gasteiger partial charge in [-0.05, 0) is 37.0 Å². The molecule has 1 fully saturated rings. The van der Waals surface area contributed by atoms with Crippen molar-refractivity contribution < 1.29 is 19.1 Å². The lowest BCUT2D eigenvalue weighted by Gasteiger charge is -2.31. The van der Waals surface area contributed by atoms with Crippen molar-refractivity contribution in [3.8, 4) is 11.5 Å². The van der Waals surface area contributed by atoms with Gasteiger partial charge in [-0.25, -0.2) is 0 Å². The first kappa shape index (κ1) is 16.6. The van der Waals surface area contributed by atoms with Crippen molar-refractivity contribution >= 4 is 11.8 Å². The Labute approximate surface area is 142 Å². The Bertz CT molecular complexity index is 609. The second kappa shape index (κ2) is 7.55. The molecule has 0 atom stereocenters. The fourth-order valence-electron chi connectivity index (χ4n) is 3.25. The lowest BCUT2D eigenvalue weighted by atomic mass is 9.95. The van der Waals surface area contributed by atoms with Gasteiger partial charge in [0, 0.05) is 32.5 Å². The van der Waals surface area contributed by atoms with E-state index in [1.54, 1.807) is 7.05 Å². The zero-order valence-corrected chi connectivity index (χ0v) is 14.0. The predicted molar refractivity (Wildman–Crippen MR) is 89.1 cm³/mol. The number of fused-ring (bicyclic) bond motifs is 1. The molecule has 1 aromatic carbocycles. The maximum atomic E-state index is 12.4. The molecule has 6 heteroatoms. The van der Waals surface area contributed by atoms with Crippen LogP contribution in [-0.4, -0.2) is 50.1 Å². The smallest absolute Gasteiger partial charge is 0.222 e. The van der Waals surface area contributed by atoms with Crippen LogP contribution >= 0.6 is 0 Å². The number of nitrogens with one attached hydrogen (secondary N) is 1. The first-order chi connectivity index (χ1) is 11.7. The second-order valence-electron chi connectivity index (χ2n) is 6.25. The van der Waals surface area contributed by atoms with E-state index in [4.69, 9.17) is 9.47 Å². The number of benzene rings is 1. The van der Waals surface area contributed by atoms with Crippen LogP contribution in [0, 0.1) is 5.92 Å². The molecule has 0 unspecified atom stereocenters. The van der Waals surface area contributed by atoms with Crippen molar-refractivity contribution in [2.45, 2.75) is 25.7 Å². The van der Waals surface area contributed by atoms with Crippen LogP contribution in [0.1, 0.15) is 24.8 Å². The molecule has 1 aromatic rings. The molecule has 2 heterocycles. The highest BCUT2D eigenvalue weighted by Crippen LogP contribution is 2.31. The van der Waals surface area contributed by atoms with Gasteiger partial charge in [-0.2, -0.15) is 0 Å². The molecule has 0 saturated carbocycles. The summed E-state index contributed by atoms with van der Waals surface area (Å²) in [7, 11) is 1.66. The Hall–Kier alpha value is -2.24. The van der Waals surface area contributed by atoms with Crippen LogP contribution in [0.3, 0.4) is 0 Å². The quantitative estimate of drug-likeness (QED) is 0.904. The molecule has 130 valence electrons. The van der Waals surface area contributed by atoms with Crippen LogP contribution in [0.4, 0.5) is 0 Å². The minimum atomic E-state index is 0.0387. The van der Waals surface area contributed by atoms with E-state index in [0.29, 0.717) is 39.1 Å². The van der Waals surface area contributed by atoms with Gasteiger partial charge in [0.2, 0.25) is 11.8 Å². The Morgan fingerprint density at radius 1 is 1.17 bits per heavy atom. The number of amides is 2. The summed E-state index contributed by atoms with van der Waals surface area (Å²) in [6.45, 7) is 2.47. The molecule has 6 nitrogen and oxygen atoms in total. The summed E-state index contributed by atoms with van der Waals surface area (Å²) in [5.41, 5.74) is 1.08. The Balaban J connectivity index is 1.48. The molecular formula is C18H24N2O4. The number of hydrogen-bond acceptors (Lipinski definition) is 4. The highest BCUT2D eigenvalue weighted by Gasteiger charge is 2.26. The maximum Gasteiger partial charge on any atom is 0.222 e. The zero-order valence-electron chi connectivity index (χ0n) is 14.0. The van der Waals surface area contributed by atoms with Gasteiger partial charge < -0.3 is 19.7 Å². The van der Waals surface area contributed by atoms with E-state index in [-0.39, 0.29) is 17.7 Å². The number of aryl methyl sites for hydroxylation is 1. The van der Waals surface area contributed by atoms with Gasteiger partial charge in [0.05, 0.1) is 0 Å². The summed E-state index contributed by atoms with van der Waals surface area (Å²) in [6, 6.07) is 5.85. The van der Waals surface area contributed by atoms with Crippen LogP contribution in [0.25, 0.3) is 0 Å². The van der Waals surface area contributed by atoms with E-state index in [2.05, 4.69) is 5.32 Å². The highest BCUT2D eigenvalue weighted by molar-refractivity contribution is 5.80. The fraction of sp³-hybridized carbons (Fsp3) is 0.556. The number of rotatable bonds is 4. The van der Waals surface area contributed by atoms with Gasteiger partial charge in [0.15, 0.2) is 11.5 Å². The molecule has 2 aliphatic rings. The number of nitrogens with zero attached hydrogens (tertiary/aromatic N) is 1. The van der Waals surface area contributed by atoms with E-state index in [1.165, 1.54) is 0 Å². The molecule has 0 bridgehead atoms. The summed E-state index contributed by atoms with van der Waals surface area (Å²) < 4.78 is 11.1. The molecule has 1 N–H and O–H groups in total. The van der Waals surface area contributed by atoms with Crippen LogP contribution in [0.2, 0.25) is 0 Å². The van der Waals surface area contributed by atoms with E-state index >= 15 is 0 Å². The topological polar surface area (TPSA) is 67.9 Å². The summed E-state index contributed by atoms with van der Waals surface area (Å²) in [4.78, 5) is 25.9. The second-order valence-corrected chi connectivity index (χ2v) is 6.25. The van der Waals surface area contributed by atoms with Crippen LogP contribution in [-0.2, 0) is 16.0 Å². The van der Waals surface area contributed by atoms with Crippen molar-refractivity contribution in [3.63, 3.8) is 0 Å². The number of hydrogen-bond donors (Lipinski definition) is 1. The number of ether oxygens (including phenoxy) is 2. The first-order valence-electron chi connectivity index (χ1n) is 8.55. The molecule has 0 aromatic heterocycles. The lowest BCUT2D eigenvalue weighted by molar-refractivity contribution is -0.135. The average molecular weight is 332 g/mol. The Morgan fingerprint density at radius 3 is 2.58 bits per heavy atom. The summed E-state index contributed by atoms with van der Waals surface area (Å²) in [5.74, 6) is 1.81. The fourth-order valence-corrected chi connectivity index (χ4v) is 3.25. The van der Waals surface area contributed by atoms with Gasteiger partial charge in [0.1, 0.15) is 13.2 Å². The number of piperidine rings is 1. The SMILES string of the molecule is CNC(=O)C1CCN(C(=O)CCc2ccc3c(c2)OCCO3)CC1. The van der Waals surface area contributed by atoms with Crippen LogP contribution in [0.5, 0.6) is 11.5 Å². The monoisotopic (exact) mass is 332 g/mol. The van der Waals surface area contributed by atoms with Crippen LogP contribution in [0.15, 0.2) is 18.2 Å². The zero-order chi connectivity index (χ0) is 16.9. The molecule has 24 heavy (non-hydrogen) atoms. The van der Waals surface area contributed by atoms with Crippen LogP contribution < -0.4 is 14.8 Å².